The number of nitrogens with two attached hydrogens (primary N) is 1. The molecule has 6 heteroatoms. The van der Waals surface area contributed by atoms with Crippen LogP contribution in [-0.4, -0.2) is 33.2 Å². The lowest BCUT2D eigenvalue weighted by atomic mass is 10.2. The summed E-state index contributed by atoms with van der Waals surface area (Å²) in [6, 6.07) is 0. The fourth-order valence-electron chi connectivity index (χ4n) is 2.20. The Balaban J connectivity index is 1.95. The first-order valence-corrected chi connectivity index (χ1v) is 7.33. The van der Waals surface area contributed by atoms with E-state index in [1.54, 1.807) is 11.7 Å². The summed E-state index contributed by atoms with van der Waals surface area (Å²) in [6.07, 6.45) is 3.74. The summed E-state index contributed by atoms with van der Waals surface area (Å²) in [5.74, 6) is 1.08. The van der Waals surface area contributed by atoms with Crippen molar-refractivity contribution in [2.75, 3.05) is 18.0 Å². The van der Waals surface area contributed by atoms with Crippen LogP contribution in [0.2, 0.25) is 0 Å². The molecule has 0 aliphatic carbocycles. The van der Waals surface area contributed by atoms with Crippen molar-refractivity contribution in [3.63, 3.8) is 0 Å². The molecule has 18 heavy (non-hydrogen) atoms. The molecule has 1 aromatic heterocycles. The Bertz CT molecular complexity index is 438. The Kier molecular flexibility index (Phi) is 4.16. The van der Waals surface area contributed by atoms with Gasteiger partial charge in [0, 0.05) is 18.8 Å². The van der Waals surface area contributed by atoms with Gasteiger partial charge in [-0.3, -0.25) is 9.48 Å². The maximum absolute atomic E-state index is 12.1. The second-order valence-electron chi connectivity index (χ2n) is 4.67. The SMILES string of the molecule is Cc1nn(C)c(C(=O)NCC2CCCCS2)c1N. The van der Waals surface area contributed by atoms with Crippen molar-refractivity contribution in [3.05, 3.63) is 11.4 Å². The number of hydrogen-bond donors (Lipinski definition) is 2. The predicted molar refractivity (Wildman–Crippen MR) is 74.8 cm³/mol. The molecule has 100 valence electrons. The van der Waals surface area contributed by atoms with Crippen LogP contribution in [-0.2, 0) is 7.05 Å². The van der Waals surface area contributed by atoms with E-state index in [2.05, 4.69) is 10.4 Å². The molecule has 2 rings (SSSR count). The number of anilines is 1. The number of aryl methyl sites for hydroxylation is 2. The molecular weight excluding hydrogens is 248 g/mol. The van der Waals surface area contributed by atoms with Gasteiger partial charge in [0.1, 0.15) is 5.69 Å². The normalized spacial score (nSPS) is 19.8. The predicted octanol–water partition coefficient (Wildman–Crippen LogP) is 1.33. The molecule has 1 fully saturated rings. The Morgan fingerprint density at radius 1 is 1.61 bits per heavy atom. The third kappa shape index (κ3) is 2.80. The van der Waals surface area contributed by atoms with E-state index >= 15 is 0 Å². The van der Waals surface area contributed by atoms with Gasteiger partial charge < -0.3 is 11.1 Å². The number of carbonyl (C=O) groups excluding carboxylic acids is 1. The molecule has 1 aliphatic heterocycles. The lowest BCUT2D eigenvalue weighted by Gasteiger charge is -2.21. The minimum Gasteiger partial charge on any atom is -0.395 e. The summed E-state index contributed by atoms with van der Waals surface area (Å²) in [5, 5.41) is 7.66. The zero-order valence-corrected chi connectivity index (χ0v) is 11.7. The molecule has 2 heterocycles. The molecule has 0 radical (unpaired) electrons. The van der Waals surface area contributed by atoms with Gasteiger partial charge in [0.25, 0.3) is 5.91 Å². The number of thioether (sulfide) groups is 1. The fraction of sp³-hybridized carbons (Fsp3) is 0.667. The van der Waals surface area contributed by atoms with Crippen molar-refractivity contribution in [1.29, 1.82) is 0 Å². The van der Waals surface area contributed by atoms with Crippen molar-refractivity contribution in [2.45, 2.75) is 31.4 Å². The van der Waals surface area contributed by atoms with E-state index in [1.807, 2.05) is 18.7 Å². The minimum absolute atomic E-state index is 0.123. The first kappa shape index (κ1) is 13.3. The van der Waals surface area contributed by atoms with E-state index in [0.717, 1.165) is 0 Å². The standard InChI is InChI=1S/C12H20N4OS/c1-8-10(13)11(16(2)15-8)12(17)14-7-9-5-3-4-6-18-9/h9H,3-7,13H2,1-2H3,(H,14,17). The van der Waals surface area contributed by atoms with Crippen molar-refractivity contribution in [3.8, 4) is 0 Å². The zero-order valence-electron chi connectivity index (χ0n) is 10.9. The molecule has 0 aromatic carbocycles. The van der Waals surface area contributed by atoms with Gasteiger partial charge in [0.15, 0.2) is 0 Å². The van der Waals surface area contributed by atoms with Crippen LogP contribution in [0.3, 0.4) is 0 Å². The molecule has 3 N–H and O–H groups in total. The topological polar surface area (TPSA) is 72.9 Å². The summed E-state index contributed by atoms with van der Waals surface area (Å²) in [5.41, 5.74) is 7.51. The van der Waals surface area contributed by atoms with Gasteiger partial charge in [0.2, 0.25) is 0 Å². The van der Waals surface area contributed by atoms with Crippen LogP contribution in [0.25, 0.3) is 0 Å². The average molecular weight is 268 g/mol. The first-order chi connectivity index (χ1) is 8.59. The third-order valence-electron chi connectivity index (χ3n) is 3.25. The van der Waals surface area contributed by atoms with Crippen molar-refractivity contribution in [2.24, 2.45) is 7.05 Å². The number of nitrogens with one attached hydrogen (secondary N) is 1. The number of carbonyl (C=O) groups is 1. The number of nitrogen functional groups attached to an aromatic ring is 1. The molecule has 0 spiro atoms. The lowest BCUT2D eigenvalue weighted by molar-refractivity contribution is 0.0945. The van der Waals surface area contributed by atoms with E-state index in [9.17, 15) is 4.79 Å². The number of rotatable bonds is 3. The molecule has 0 saturated carbocycles. The van der Waals surface area contributed by atoms with E-state index in [4.69, 9.17) is 5.73 Å². The summed E-state index contributed by atoms with van der Waals surface area (Å²) in [4.78, 5) is 12.1. The van der Waals surface area contributed by atoms with Crippen LogP contribution < -0.4 is 11.1 Å². The molecule has 1 atom stereocenters. The smallest absolute Gasteiger partial charge is 0.271 e. The van der Waals surface area contributed by atoms with Crippen LogP contribution in [0.15, 0.2) is 0 Å². The van der Waals surface area contributed by atoms with Crippen LogP contribution in [0.1, 0.15) is 35.4 Å². The minimum atomic E-state index is -0.123. The maximum Gasteiger partial charge on any atom is 0.271 e. The van der Waals surface area contributed by atoms with Gasteiger partial charge in [0.05, 0.1) is 11.4 Å². The first-order valence-electron chi connectivity index (χ1n) is 6.28. The molecular formula is C12H20N4OS. The van der Waals surface area contributed by atoms with Gasteiger partial charge in [-0.15, -0.1) is 0 Å². The highest BCUT2D eigenvalue weighted by Gasteiger charge is 2.20. The number of hydrogen-bond acceptors (Lipinski definition) is 4. The zero-order chi connectivity index (χ0) is 13.1. The van der Waals surface area contributed by atoms with Crippen molar-refractivity contribution in [1.82, 2.24) is 15.1 Å². The van der Waals surface area contributed by atoms with E-state index < -0.39 is 0 Å². The Labute approximate surface area is 111 Å². The van der Waals surface area contributed by atoms with Crippen LogP contribution in [0, 0.1) is 6.92 Å². The quantitative estimate of drug-likeness (QED) is 0.867. The second-order valence-corrected chi connectivity index (χ2v) is 6.08. The lowest BCUT2D eigenvalue weighted by Crippen LogP contribution is -2.33. The highest BCUT2D eigenvalue weighted by Crippen LogP contribution is 2.24. The molecule has 5 nitrogen and oxygen atoms in total. The molecule has 1 amide bonds. The molecule has 0 bridgehead atoms. The average Bonchev–Trinajstić information content (AvgIpc) is 2.62. The van der Waals surface area contributed by atoms with Crippen molar-refractivity contribution >= 4 is 23.4 Å². The number of nitrogens with zero attached hydrogens (tertiary/aromatic N) is 2. The highest BCUT2D eigenvalue weighted by molar-refractivity contribution is 7.99. The summed E-state index contributed by atoms with van der Waals surface area (Å²) >= 11 is 1.95. The number of amides is 1. The van der Waals surface area contributed by atoms with E-state index in [0.29, 0.717) is 28.9 Å². The second kappa shape index (κ2) is 5.65. The largest absolute Gasteiger partial charge is 0.395 e. The van der Waals surface area contributed by atoms with Crippen LogP contribution in [0.4, 0.5) is 5.69 Å². The third-order valence-corrected chi connectivity index (χ3v) is 4.65. The fourth-order valence-corrected chi connectivity index (χ4v) is 3.44. The van der Waals surface area contributed by atoms with Gasteiger partial charge in [-0.05, 0) is 25.5 Å². The molecule has 1 aliphatic rings. The van der Waals surface area contributed by atoms with E-state index in [1.165, 1.54) is 25.0 Å². The van der Waals surface area contributed by atoms with Crippen LogP contribution >= 0.6 is 11.8 Å². The van der Waals surface area contributed by atoms with E-state index in [-0.39, 0.29) is 5.91 Å². The molecule has 1 unspecified atom stereocenters. The van der Waals surface area contributed by atoms with Gasteiger partial charge in [-0.1, -0.05) is 6.42 Å². The summed E-state index contributed by atoms with van der Waals surface area (Å²) < 4.78 is 1.55. The van der Waals surface area contributed by atoms with Crippen LogP contribution in [0.5, 0.6) is 0 Å². The summed E-state index contributed by atoms with van der Waals surface area (Å²) in [6.45, 7) is 2.52. The monoisotopic (exact) mass is 268 g/mol. The molecule has 1 saturated heterocycles. The highest BCUT2D eigenvalue weighted by atomic mass is 32.2. The van der Waals surface area contributed by atoms with Gasteiger partial charge >= 0.3 is 0 Å². The van der Waals surface area contributed by atoms with Gasteiger partial charge in [-0.25, -0.2) is 0 Å². The van der Waals surface area contributed by atoms with Gasteiger partial charge in [-0.2, -0.15) is 16.9 Å². The Morgan fingerprint density at radius 3 is 2.94 bits per heavy atom. The Morgan fingerprint density at radius 2 is 2.39 bits per heavy atom. The van der Waals surface area contributed by atoms with Crippen molar-refractivity contribution < 1.29 is 4.79 Å². The maximum atomic E-state index is 12.1. The number of aromatic nitrogens is 2. The molecule has 1 aromatic rings. The summed E-state index contributed by atoms with van der Waals surface area (Å²) in [7, 11) is 1.74. The Hall–Kier alpha value is -1.17.